The molecule has 1 aliphatic rings. The van der Waals surface area contributed by atoms with Crippen LogP contribution < -0.4 is 0 Å². The fourth-order valence-electron chi connectivity index (χ4n) is 2.20. The lowest BCUT2D eigenvalue weighted by atomic mass is 10.0. The number of amides is 2. The summed E-state index contributed by atoms with van der Waals surface area (Å²) in [4.78, 5) is 37.3. The summed E-state index contributed by atoms with van der Waals surface area (Å²) in [6, 6.07) is -1.02. The molecule has 1 aliphatic heterocycles. The van der Waals surface area contributed by atoms with Crippen LogP contribution in [0.15, 0.2) is 0 Å². The van der Waals surface area contributed by atoms with E-state index in [1.54, 1.807) is 6.92 Å². The van der Waals surface area contributed by atoms with Crippen molar-refractivity contribution in [1.29, 1.82) is 0 Å². The van der Waals surface area contributed by atoms with Gasteiger partial charge in [0.15, 0.2) is 0 Å². The number of piperidine rings is 1. The van der Waals surface area contributed by atoms with E-state index in [9.17, 15) is 14.4 Å². The van der Waals surface area contributed by atoms with E-state index in [-0.39, 0.29) is 13.1 Å². The Balaban J connectivity index is 2.80. The third-order valence-corrected chi connectivity index (χ3v) is 3.20. The summed E-state index contributed by atoms with van der Waals surface area (Å²) >= 11 is 0. The maximum atomic E-state index is 12.3. The van der Waals surface area contributed by atoms with Gasteiger partial charge in [0.25, 0.3) is 0 Å². The predicted molar refractivity (Wildman–Crippen MR) is 66.6 cm³/mol. The number of nitrogens with zero attached hydrogens (tertiary/aromatic N) is 2. The molecular formula is C12H20N2O5. The average Bonchev–Trinajstić information content (AvgIpc) is 2.42. The first-order valence-electron chi connectivity index (χ1n) is 6.36. The predicted octanol–water partition coefficient (Wildman–Crippen LogP) is 0.540. The van der Waals surface area contributed by atoms with Gasteiger partial charge in [-0.1, -0.05) is 0 Å². The lowest BCUT2D eigenvalue weighted by Gasteiger charge is -2.36. The van der Waals surface area contributed by atoms with Crippen molar-refractivity contribution in [3.05, 3.63) is 0 Å². The number of hydrogen-bond donors (Lipinski definition) is 1. The standard InChI is InChI=1S/C12H20N2O5/c1-3-13(8-10(15)16)12(18)14-7-5-4-6-9(14)11(17)19-2/h9H,3-8H2,1-2H3,(H,15,16). The molecule has 0 radical (unpaired) electrons. The fourth-order valence-corrected chi connectivity index (χ4v) is 2.20. The highest BCUT2D eigenvalue weighted by atomic mass is 16.5. The van der Waals surface area contributed by atoms with Crippen LogP contribution in [-0.4, -0.2) is 65.7 Å². The number of methoxy groups -OCH3 is 1. The molecule has 0 aromatic rings. The summed E-state index contributed by atoms with van der Waals surface area (Å²) in [7, 11) is 1.29. The summed E-state index contributed by atoms with van der Waals surface area (Å²) in [5.41, 5.74) is 0. The molecule has 1 atom stereocenters. The lowest BCUT2D eigenvalue weighted by molar-refractivity contribution is -0.147. The Labute approximate surface area is 112 Å². The molecule has 7 nitrogen and oxygen atoms in total. The molecule has 0 saturated carbocycles. The van der Waals surface area contributed by atoms with E-state index >= 15 is 0 Å². The highest BCUT2D eigenvalue weighted by Gasteiger charge is 2.35. The minimum atomic E-state index is -1.07. The van der Waals surface area contributed by atoms with E-state index < -0.39 is 24.0 Å². The van der Waals surface area contributed by atoms with Crippen LogP contribution in [0.4, 0.5) is 4.79 Å². The van der Waals surface area contributed by atoms with Crippen molar-refractivity contribution in [3.8, 4) is 0 Å². The van der Waals surface area contributed by atoms with Gasteiger partial charge < -0.3 is 19.6 Å². The number of carboxylic acid groups (broad SMARTS) is 1. The average molecular weight is 272 g/mol. The van der Waals surface area contributed by atoms with E-state index in [2.05, 4.69) is 0 Å². The Bertz CT molecular complexity index is 358. The minimum Gasteiger partial charge on any atom is -0.480 e. The lowest BCUT2D eigenvalue weighted by Crippen LogP contribution is -2.54. The summed E-state index contributed by atoms with van der Waals surface area (Å²) in [6.45, 7) is 2.09. The largest absolute Gasteiger partial charge is 0.480 e. The highest BCUT2D eigenvalue weighted by molar-refractivity contribution is 5.85. The highest BCUT2D eigenvalue weighted by Crippen LogP contribution is 2.19. The maximum absolute atomic E-state index is 12.3. The molecule has 0 bridgehead atoms. The second kappa shape index (κ2) is 6.96. The smallest absolute Gasteiger partial charge is 0.328 e. The summed E-state index contributed by atoms with van der Waals surface area (Å²) in [5.74, 6) is -1.51. The van der Waals surface area contributed by atoms with Crippen molar-refractivity contribution in [2.24, 2.45) is 0 Å². The van der Waals surface area contributed by atoms with E-state index in [0.717, 1.165) is 12.8 Å². The van der Waals surface area contributed by atoms with Gasteiger partial charge in [-0.2, -0.15) is 0 Å². The van der Waals surface area contributed by atoms with Gasteiger partial charge >= 0.3 is 18.0 Å². The number of hydrogen-bond acceptors (Lipinski definition) is 4. The second-order valence-corrected chi connectivity index (χ2v) is 4.42. The van der Waals surface area contributed by atoms with Crippen LogP contribution >= 0.6 is 0 Å². The molecule has 1 heterocycles. The second-order valence-electron chi connectivity index (χ2n) is 4.42. The van der Waals surface area contributed by atoms with Crippen molar-refractivity contribution in [2.45, 2.75) is 32.2 Å². The zero-order valence-electron chi connectivity index (χ0n) is 11.3. The van der Waals surface area contributed by atoms with Gasteiger partial charge in [0.1, 0.15) is 12.6 Å². The number of rotatable bonds is 4. The van der Waals surface area contributed by atoms with Crippen LogP contribution in [0.5, 0.6) is 0 Å². The van der Waals surface area contributed by atoms with E-state index in [0.29, 0.717) is 13.0 Å². The number of urea groups is 1. The number of esters is 1. The number of likely N-dealkylation sites (tertiary alicyclic amines) is 1. The zero-order chi connectivity index (χ0) is 14.4. The molecule has 19 heavy (non-hydrogen) atoms. The normalized spacial score (nSPS) is 18.8. The molecule has 1 fully saturated rings. The van der Waals surface area contributed by atoms with Crippen LogP contribution in [-0.2, 0) is 14.3 Å². The molecule has 1 unspecified atom stereocenters. The van der Waals surface area contributed by atoms with Gasteiger partial charge in [0, 0.05) is 13.1 Å². The Morgan fingerprint density at radius 3 is 2.58 bits per heavy atom. The van der Waals surface area contributed by atoms with Gasteiger partial charge in [-0.15, -0.1) is 0 Å². The van der Waals surface area contributed by atoms with E-state index in [4.69, 9.17) is 9.84 Å². The molecule has 7 heteroatoms. The van der Waals surface area contributed by atoms with E-state index in [1.165, 1.54) is 16.9 Å². The first kappa shape index (κ1) is 15.3. The molecule has 0 aromatic heterocycles. The Hall–Kier alpha value is -1.79. The number of carboxylic acids is 1. The molecule has 108 valence electrons. The number of carbonyl (C=O) groups excluding carboxylic acids is 2. The summed E-state index contributed by atoms with van der Waals surface area (Å²) in [5, 5.41) is 8.78. The molecule has 1 rings (SSSR count). The summed E-state index contributed by atoms with van der Waals surface area (Å²) in [6.07, 6.45) is 2.22. The monoisotopic (exact) mass is 272 g/mol. The van der Waals surface area contributed by atoms with Crippen LogP contribution in [0.1, 0.15) is 26.2 Å². The van der Waals surface area contributed by atoms with Crippen molar-refractivity contribution >= 4 is 18.0 Å². The van der Waals surface area contributed by atoms with Crippen molar-refractivity contribution < 1.29 is 24.2 Å². The SMILES string of the molecule is CCN(CC(=O)O)C(=O)N1CCCCC1C(=O)OC. The van der Waals surface area contributed by atoms with Gasteiger partial charge in [0.2, 0.25) is 0 Å². The topological polar surface area (TPSA) is 87.2 Å². The molecule has 0 aliphatic carbocycles. The van der Waals surface area contributed by atoms with Crippen LogP contribution in [0.3, 0.4) is 0 Å². The molecule has 0 spiro atoms. The molecule has 1 N–H and O–H groups in total. The zero-order valence-corrected chi connectivity index (χ0v) is 11.3. The number of likely N-dealkylation sites (N-methyl/N-ethyl adjacent to an activating group) is 1. The Kier molecular flexibility index (Phi) is 5.59. The number of carbonyl (C=O) groups is 3. The van der Waals surface area contributed by atoms with Gasteiger partial charge in [-0.3, -0.25) is 4.79 Å². The molecule has 1 saturated heterocycles. The maximum Gasteiger partial charge on any atom is 0.328 e. The van der Waals surface area contributed by atoms with Crippen LogP contribution in [0.25, 0.3) is 0 Å². The third-order valence-electron chi connectivity index (χ3n) is 3.20. The molecular weight excluding hydrogens is 252 g/mol. The molecule has 0 aromatic carbocycles. The van der Waals surface area contributed by atoms with Gasteiger partial charge in [-0.05, 0) is 26.2 Å². The fraction of sp³-hybridized carbons (Fsp3) is 0.750. The first-order chi connectivity index (χ1) is 9.01. The first-order valence-corrected chi connectivity index (χ1v) is 6.36. The van der Waals surface area contributed by atoms with Crippen LogP contribution in [0, 0.1) is 0 Å². The third kappa shape index (κ3) is 3.84. The van der Waals surface area contributed by atoms with Crippen molar-refractivity contribution in [1.82, 2.24) is 9.80 Å². The molecule has 2 amide bonds. The minimum absolute atomic E-state index is 0.287. The number of aliphatic carboxylic acids is 1. The van der Waals surface area contributed by atoms with Crippen molar-refractivity contribution in [2.75, 3.05) is 26.7 Å². The Morgan fingerprint density at radius 2 is 2.05 bits per heavy atom. The van der Waals surface area contributed by atoms with Gasteiger partial charge in [0.05, 0.1) is 7.11 Å². The van der Waals surface area contributed by atoms with Gasteiger partial charge in [-0.25, -0.2) is 9.59 Å². The quantitative estimate of drug-likeness (QED) is 0.755. The summed E-state index contributed by atoms with van der Waals surface area (Å²) < 4.78 is 4.70. The number of ether oxygens (including phenoxy) is 1. The Morgan fingerprint density at radius 1 is 1.37 bits per heavy atom. The van der Waals surface area contributed by atoms with Crippen LogP contribution in [0.2, 0.25) is 0 Å². The van der Waals surface area contributed by atoms with Crippen molar-refractivity contribution in [3.63, 3.8) is 0 Å². The van der Waals surface area contributed by atoms with E-state index in [1.807, 2.05) is 0 Å².